The van der Waals surface area contributed by atoms with E-state index >= 15 is 0 Å². The van der Waals surface area contributed by atoms with E-state index in [2.05, 4.69) is 5.32 Å². The molecule has 1 fully saturated rings. The first kappa shape index (κ1) is 10.1. The van der Waals surface area contributed by atoms with Crippen molar-refractivity contribution >= 4 is 6.29 Å². The molecule has 1 aromatic carbocycles. The Morgan fingerprint density at radius 2 is 2.27 bits per heavy atom. The molecule has 1 atom stereocenters. The van der Waals surface area contributed by atoms with Crippen molar-refractivity contribution in [3.8, 4) is 5.75 Å². The number of aliphatic hydroxyl groups is 1. The maximum absolute atomic E-state index is 10.6. The van der Waals surface area contributed by atoms with Gasteiger partial charge in [0.2, 0.25) is 0 Å². The molecule has 0 aliphatic carbocycles. The number of aldehydes is 1. The van der Waals surface area contributed by atoms with Gasteiger partial charge in [0.05, 0.1) is 0 Å². The first-order valence-corrected chi connectivity index (χ1v) is 4.92. The highest BCUT2D eigenvalue weighted by molar-refractivity contribution is 5.75. The number of phenols is 1. The van der Waals surface area contributed by atoms with Gasteiger partial charge in [0.1, 0.15) is 17.8 Å². The lowest BCUT2D eigenvalue weighted by molar-refractivity contribution is 0.0185. The van der Waals surface area contributed by atoms with Crippen LogP contribution in [0.3, 0.4) is 0 Å². The predicted octanol–water partition coefficient (Wildman–Crippen LogP) is 0.733. The van der Waals surface area contributed by atoms with Crippen LogP contribution in [0.4, 0.5) is 0 Å². The number of carbonyl (C=O) groups is 1. The third kappa shape index (κ3) is 1.73. The summed E-state index contributed by atoms with van der Waals surface area (Å²) in [6.07, 6.45) is 2.09. The number of benzene rings is 1. The number of hydrogen-bond acceptors (Lipinski definition) is 4. The molecule has 0 aromatic heterocycles. The highest BCUT2D eigenvalue weighted by Gasteiger charge is 2.34. The SMILES string of the molecule is O=Cc1ccc(O)c([C@@]2(O)CCCN2)c1. The molecule has 15 heavy (non-hydrogen) atoms. The van der Waals surface area contributed by atoms with E-state index in [1.807, 2.05) is 0 Å². The maximum Gasteiger partial charge on any atom is 0.150 e. The fourth-order valence-electron chi connectivity index (χ4n) is 1.92. The Balaban J connectivity index is 2.45. The molecule has 0 saturated carbocycles. The van der Waals surface area contributed by atoms with Crippen LogP contribution in [0.15, 0.2) is 18.2 Å². The molecule has 0 spiro atoms. The van der Waals surface area contributed by atoms with Crippen molar-refractivity contribution in [2.24, 2.45) is 0 Å². The molecule has 80 valence electrons. The van der Waals surface area contributed by atoms with E-state index in [4.69, 9.17) is 0 Å². The average molecular weight is 207 g/mol. The summed E-state index contributed by atoms with van der Waals surface area (Å²) in [6, 6.07) is 4.46. The highest BCUT2D eigenvalue weighted by Crippen LogP contribution is 2.34. The van der Waals surface area contributed by atoms with E-state index in [1.54, 1.807) is 0 Å². The summed E-state index contributed by atoms with van der Waals surface area (Å²) >= 11 is 0. The lowest BCUT2D eigenvalue weighted by Crippen LogP contribution is -2.36. The van der Waals surface area contributed by atoms with Crippen LogP contribution >= 0.6 is 0 Å². The van der Waals surface area contributed by atoms with Crippen LogP contribution in [-0.4, -0.2) is 23.0 Å². The minimum absolute atomic E-state index is 0.0116. The Labute approximate surface area is 87.6 Å². The molecule has 1 aliphatic heterocycles. The van der Waals surface area contributed by atoms with Crippen molar-refractivity contribution < 1.29 is 15.0 Å². The van der Waals surface area contributed by atoms with Gasteiger partial charge in [-0.1, -0.05) is 0 Å². The summed E-state index contributed by atoms with van der Waals surface area (Å²) in [4.78, 5) is 10.6. The molecule has 3 N–H and O–H groups in total. The summed E-state index contributed by atoms with van der Waals surface area (Å²) in [5, 5.41) is 22.7. The monoisotopic (exact) mass is 207 g/mol. The van der Waals surface area contributed by atoms with Gasteiger partial charge in [0.25, 0.3) is 0 Å². The van der Waals surface area contributed by atoms with Gasteiger partial charge in [-0.05, 0) is 37.6 Å². The van der Waals surface area contributed by atoms with Crippen molar-refractivity contribution in [2.75, 3.05) is 6.54 Å². The molecule has 1 heterocycles. The largest absolute Gasteiger partial charge is 0.508 e. The molecule has 0 unspecified atom stereocenters. The van der Waals surface area contributed by atoms with Gasteiger partial charge in [0, 0.05) is 11.1 Å². The predicted molar refractivity (Wildman–Crippen MR) is 54.6 cm³/mol. The number of hydrogen-bond donors (Lipinski definition) is 3. The van der Waals surface area contributed by atoms with Gasteiger partial charge in [-0.15, -0.1) is 0 Å². The summed E-state index contributed by atoms with van der Waals surface area (Å²) in [6.45, 7) is 0.710. The maximum atomic E-state index is 10.6. The average Bonchev–Trinajstić information content (AvgIpc) is 2.67. The zero-order chi connectivity index (χ0) is 10.9. The zero-order valence-corrected chi connectivity index (χ0v) is 8.23. The van der Waals surface area contributed by atoms with Gasteiger partial charge in [-0.3, -0.25) is 10.1 Å². The Morgan fingerprint density at radius 1 is 1.47 bits per heavy atom. The normalized spacial score (nSPS) is 25.4. The van der Waals surface area contributed by atoms with E-state index in [0.717, 1.165) is 6.42 Å². The lowest BCUT2D eigenvalue weighted by atomic mass is 9.98. The van der Waals surface area contributed by atoms with E-state index in [1.165, 1.54) is 18.2 Å². The van der Waals surface area contributed by atoms with Gasteiger partial charge in [0.15, 0.2) is 0 Å². The van der Waals surface area contributed by atoms with Crippen LogP contribution in [-0.2, 0) is 5.72 Å². The molecule has 0 radical (unpaired) electrons. The minimum atomic E-state index is -1.19. The second kappa shape index (κ2) is 3.64. The fraction of sp³-hybridized carbons (Fsp3) is 0.364. The third-order valence-electron chi connectivity index (χ3n) is 2.74. The van der Waals surface area contributed by atoms with Crippen molar-refractivity contribution in [3.05, 3.63) is 29.3 Å². The number of carbonyl (C=O) groups excluding carboxylic acids is 1. The van der Waals surface area contributed by atoms with Gasteiger partial charge in [-0.25, -0.2) is 0 Å². The first-order valence-electron chi connectivity index (χ1n) is 4.92. The molecule has 4 heteroatoms. The van der Waals surface area contributed by atoms with Crippen molar-refractivity contribution in [1.29, 1.82) is 0 Å². The lowest BCUT2D eigenvalue weighted by Gasteiger charge is -2.24. The second-order valence-corrected chi connectivity index (χ2v) is 3.79. The van der Waals surface area contributed by atoms with Crippen LogP contribution < -0.4 is 5.32 Å². The van der Waals surface area contributed by atoms with Gasteiger partial charge >= 0.3 is 0 Å². The number of aromatic hydroxyl groups is 1. The molecule has 1 aliphatic rings. The number of nitrogens with one attached hydrogen (secondary N) is 1. The molecular formula is C11H13NO3. The molecule has 4 nitrogen and oxygen atoms in total. The smallest absolute Gasteiger partial charge is 0.150 e. The third-order valence-corrected chi connectivity index (χ3v) is 2.74. The Kier molecular flexibility index (Phi) is 2.46. The minimum Gasteiger partial charge on any atom is -0.508 e. The van der Waals surface area contributed by atoms with Crippen LogP contribution in [0.25, 0.3) is 0 Å². The van der Waals surface area contributed by atoms with E-state index in [9.17, 15) is 15.0 Å². The van der Waals surface area contributed by atoms with Crippen molar-refractivity contribution in [2.45, 2.75) is 18.6 Å². The second-order valence-electron chi connectivity index (χ2n) is 3.79. The Hall–Kier alpha value is -1.39. The Morgan fingerprint density at radius 3 is 2.87 bits per heavy atom. The summed E-state index contributed by atoms with van der Waals surface area (Å²) in [7, 11) is 0. The number of phenolic OH excluding ortho intramolecular Hbond substituents is 1. The van der Waals surface area contributed by atoms with Gasteiger partial charge < -0.3 is 10.2 Å². The van der Waals surface area contributed by atoms with Crippen LogP contribution in [0.5, 0.6) is 5.75 Å². The molecule has 0 bridgehead atoms. The molecule has 2 rings (SSSR count). The molecule has 1 aromatic rings. The summed E-state index contributed by atoms with van der Waals surface area (Å²) in [5.74, 6) is 0.0116. The molecule has 1 saturated heterocycles. The van der Waals surface area contributed by atoms with Crippen LogP contribution in [0.2, 0.25) is 0 Å². The summed E-state index contributed by atoms with van der Waals surface area (Å²) in [5.41, 5.74) is -0.363. The van der Waals surface area contributed by atoms with Crippen LogP contribution in [0, 0.1) is 0 Å². The van der Waals surface area contributed by atoms with E-state index < -0.39 is 5.72 Å². The topological polar surface area (TPSA) is 69.6 Å². The van der Waals surface area contributed by atoms with E-state index in [-0.39, 0.29) is 5.75 Å². The first-order chi connectivity index (χ1) is 7.15. The van der Waals surface area contributed by atoms with Crippen molar-refractivity contribution in [3.63, 3.8) is 0 Å². The zero-order valence-electron chi connectivity index (χ0n) is 8.23. The summed E-state index contributed by atoms with van der Waals surface area (Å²) < 4.78 is 0. The standard InChI is InChI=1S/C11H13NO3/c13-7-8-2-3-10(14)9(6-8)11(15)4-1-5-12-11/h2-3,6-7,12,14-15H,1,4-5H2/t11-/m0/s1. The van der Waals surface area contributed by atoms with Crippen molar-refractivity contribution in [1.82, 2.24) is 5.32 Å². The highest BCUT2D eigenvalue weighted by atomic mass is 16.3. The van der Waals surface area contributed by atoms with E-state index in [0.29, 0.717) is 30.4 Å². The number of rotatable bonds is 2. The fourth-order valence-corrected chi connectivity index (χ4v) is 1.92. The molecular weight excluding hydrogens is 194 g/mol. The molecule has 0 amide bonds. The quantitative estimate of drug-likeness (QED) is 0.625. The Bertz CT molecular complexity index is 383. The van der Waals surface area contributed by atoms with Gasteiger partial charge in [-0.2, -0.15) is 0 Å². The van der Waals surface area contributed by atoms with Crippen LogP contribution in [0.1, 0.15) is 28.8 Å².